The molecule has 1 rings (SSSR count). The van der Waals surface area contributed by atoms with E-state index in [1.807, 2.05) is 0 Å². The molecule has 6 heteroatoms. The number of aliphatic hydroxyl groups is 2. The highest BCUT2D eigenvalue weighted by atomic mass is 16.5. The van der Waals surface area contributed by atoms with E-state index in [1.54, 1.807) is 12.1 Å². The summed E-state index contributed by atoms with van der Waals surface area (Å²) in [7, 11) is 1.12. The van der Waals surface area contributed by atoms with Gasteiger partial charge in [0.15, 0.2) is 6.10 Å². The third-order valence-electron chi connectivity index (χ3n) is 2.20. The van der Waals surface area contributed by atoms with Crippen molar-refractivity contribution in [3.05, 3.63) is 35.4 Å². The quantitative estimate of drug-likeness (QED) is 0.298. The molecule has 92 valence electrons. The fourth-order valence-electron chi connectivity index (χ4n) is 1.32. The van der Waals surface area contributed by atoms with Crippen LogP contribution in [0.25, 0.3) is 0 Å². The number of carbonyl (C=O) groups is 1. The van der Waals surface area contributed by atoms with Crippen LogP contribution < -0.4 is 0 Å². The van der Waals surface area contributed by atoms with Crippen LogP contribution in [-0.2, 0) is 9.53 Å². The summed E-state index contributed by atoms with van der Waals surface area (Å²) < 4.78 is 4.32. The molecule has 0 aliphatic heterocycles. The summed E-state index contributed by atoms with van der Waals surface area (Å²) in [6.45, 7) is 0. The molecule has 0 aliphatic carbocycles. The first-order valence-corrected chi connectivity index (χ1v) is 4.81. The second kappa shape index (κ2) is 5.97. The average molecular weight is 239 g/mol. The summed E-state index contributed by atoms with van der Waals surface area (Å²) in [6.07, 6.45) is -1.88. The van der Waals surface area contributed by atoms with Gasteiger partial charge in [0.25, 0.3) is 0 Å². The summed E-state index contributed by atoms with van der Waals surface area (Å²) >= 11 is 0. The van der Waals surface area contributed by atoms with E-state index >= 15 is 0 Å². The van der Waals surface area contributed by atoms with E-state index in [2.05, 4.69) is 9.89 Å². The van der Waals surface area contributed by atoms with Crippen molar-refractivity contribution in [2.75, 3.05) is 7.11 Å². The lowest BCUT2D eigenvalue weighted by molar-refractivity contribution is -0.156. The Morgan fingerprint density at radius 3 is 2.76 bits per heavy atom. The van der Waals surface area contributed by atoms with Gasteiger partial charge in [0.1, 0.15) is 6.10 Å². The van der Waals surface area contributed by atoms with Gasteiger partial charge in [0.05, 0.1) is 13.3 Å². The molecule has 0 heterocycles. The van der Waals surface area contributed by atoms with E-state index in [-0.39, 0.29) is 0 Å². The molecule has 0 spiro atoms. The Balaban J connectivity index is 2.91. The molecular weight excluding hydrogens is 226 g/mol. The van der Waals surface area contributed by atoms with Gasteiger partial charge in [-0.15, -0.1) is 0 Å². The zero-order chi connectivity index (χ0) is 12.8. The molecule has 0 bridgehead atoms. The lowest BCUT2D eigenvalue weighted by atomic mass is 10.0. The number of hydrogen-bond donors (Lipinski definition) is 3. The van der Waals surface area contributed by atoms with Crippen LogP contribution in [0.3, 0.4) is 0 Å². The molecule has 1 aromatic carbocycles. The van der Waals surface area contributed by atoms with Gasteiger partial charge < -0.3 is 20.2 Å². The Hall–Kier alpha value is -1.92. The molecule has 17 heavy (non-hydrogen) atoms. The molecular formula is C11H13NO5. The van der Waals surface area contributed by atoms with E-state index in [0.717, 1.165) is 7.11 Å². The van der Waals surface area contributed by atoms with Gasteiger partial charge in [-0.25, -0.2) is 4.79 Å². The second-order valence-electron chi connectivity index (χ2n) is 3.33. The fraction of sp³-hybridized carbons (Fsp3) is 0.273. The van der Waals surface area contributed by atoms with E-state index in [0.29, 0.717) is 11.1 Å². The topological polar surface area (TPSA) is 99.4 Å². The largest absolute Gasteiger partial charge is 0.467 e. The Morgan fingerprint density at radius 2 is 2.18 bits per heavy atom. The van der Waals surface area contributed by atoms with E-state index in [4.69, 9.17) is 5.21 Å². The summed E-state index contributed by atoms with van der Waals surface area (Å²) in [5, 5.41) is 30.4. The number of carbonyl (C=O) groups excluding carboxylic acids is 1. The number of hydrogen-bond acceptors (Lipinski definition) is 6. The first-order chi connectivity index (χ1) is 8.10. The highest BCUT2D eigenvalue weighted by molar-refractivity contribution is 5.79. The van der Waals surface area contributed by atoms with Crippen molar-refractivity contribution in [3.63, 3.8) is 0 Å². The number of aliphatic hydroxyl groups excluding tert-OH is 2. The molecule has 2 atom stereocenters. The summed E-state index contributed by atoms with van der Waals surface area (Å²) in [4.78, 5) is 11.0. The first kappa shape index (κ1) is 13.1. The summed E-state index contributed by atoms with van der Waals surface area (Å²) in [5.41, 5.74) is 0.849. The number of rotatable bonds is 4. The fourth-order valence-corrected chi connectivity index (χ4v) is 1.32. The summed E-state index contributed by atoms with van der Waals surface area (Å²) in [5.74, 6) is -0.918. The molecule has 0 aromatic heterocycles. The molecule has 0 radical (unpaired) electrons. The molecule has 0 saturated carbocycles. The molecule has 0 saturated heterocycles. The SMILES string of the molecule is COC(=O)C(O)C(O)c1cccc(C=NO)c1. The lowest BCUT2D eigenvalue weighted by Crippen LogP contribution is -2.29. The van der Waals surface area contributed by atoms with Crippen LogP contribution in [0.4, 0.5) is 0 Å². The molecule has 0 aliphatic rings. The van der Waals surface area contributed by atoms with Gasteiger partial charge in [0.2, 0.25) is 0 Å². The molecule has 6 nitrogen and oxygen atoms in total. The predicted octanol–water partition coefficient (Wildman–Crippen LogP) is 0.0620. The van der Waals surface area contributed by atoms with Gasteiger partial charge in [-0.05, 0) is 17.2 Å². The van der Waals surface area contributed by atoms with Gasteiger partial charge >= 0.3 is 5.97 Å². The maximum absolute atomic E-state index is 11.0. The molecule has 3 N–H and O–H groups in total. The standard InChI is InChI=1S/C11H13NO5/c1-17-11(15)10(14)9(13)8-4-2-3-7(5-8)6-12-16/h2-6,9-10,13-14,16H,1H3. The smallest absolute Gasteiger partial charge is 0.337 e. The van der Waals surface area contributed by atoms with Crippen LogP contribution in [0, 0.1) is 0 Å². The normalized spacial score (nSPS) is 14.5. The highest BCUT2D eigenvalue weighted by Gasteiger charge is 2.26. The van der Waals surface area contributed by atoms with Gasteiger partial charge in [-0.2, -0.15) is 0 Å². The minimum absolute atomic E-state index is 0.320. The summed E-state index contributed by atoms with van der Waals surface area (Å²) in [6, 6.07) is 6.25. The van der Waals surface area contributed by atoms with Crippen LogP contribution in [0.1, 0.15) is 17.2 Å². The number of benzene rings is 1. The van der Waals surface area contributed by atoms with E-state index in [9.17, 15) is 15.0 Å². The highest BCUT2D eigenvalue weighted by Crippen LogP contribution is 2.18. The molecule has 0 amide bonds. The van der Waals surface area contributed by atoms with E-state index < -0.39 is 18.2 Å². The molecule has 0 fully saturated rings. The van der Waals surface area contributed by atoms with Crippen molar-refractivity contribution in [1.29, 1.82) is 0 Å². The van der Waals surface area contributed by atoms with Crippen molar-refractivity contribution in [2.45, 2.75) is 12.2 Å². The number of esters is 1. The average Bonchev–Trinajstić information content (AvgIpc) is 2.36. The minimum atomic E-state index is -1.65. The van der Waals surface area contributed by atoms with Crippen LogP contribution in [-0.4, -0.2) is 40.8 Å². The van der Waals surface area contributed by atoms with Crippen molar-refractivity contribution >= 4 is 12.2 Å². The Morgan fingerprint density at radius 1 is 1.47 bits per heavy atom. The zero-order valence-electron chi connectivity index (χ0n) is 9.15. The maximum atomic E-state index is 11.0. The van der Waals surface area contributed by atoms with Crippen molar-refractivity contribution in [2.24, 2.45) is 5.16 Å². The monoisotopic (exact) mass is 239 g/mol. The van der Waals surface area contributed by atoms with Crippen LogP contribution in [0.2, 0.25) is 0 Å². The maximum Gasteiger partial charge on any atom is 0.337 e. The third-order valence-corrected chi connectivity index (χ3v) is 2.20. The lowest BCUT2D eigenvalue weighted by Gasteiger charge is -2.16. The Labute approximate surface area is 97.8 Å². The minimum Gasteiger partial charge on any atom is -0.467 e. The number of nitrogens with zero attached hydrogens (tertiary/aromatic N) is 1. The van der Waals surface area contributed by atoms with Gasteiger partial charge in [-0.3, -0.25) is 0 Å². The number of oxime groups is 1. The van der Waals surface area contributed by atoms with Gasteiger partial charge in [0, 0.05) is 0 Å². The third kappa shape index (κ3) is 3.27. The second-order valence-corrected chi connectivity index (χ2v) is 3.33. The predicted molar refractivity (Wildman–Crippen MR) is 58.8 cm³/mol. The van der Waals surface area contributed by atoms with Crippen LogP contribution in [0.15, 0.2) is 29.4 Å². The van der Waals surface area contributed by atoms with Crippen LogP contribution in [0.5, 0.6) is 0 Å². The van der Waals surface area contributed by atoms with Crippen LogP contribution >= 0.6 is 0 Å². The molecule has 1 aromatic rings. The van der Waals surface area contributed by atoms with Crippen molar-refractivity contribution < 1.29 is 25.0 Å². The van der Waals surface area contributed by atoms with Gasteiger partial charge in [-0.1, -0.05) is 23.4 Å². The first-order valence-electron chi connectivity index (χ1n) is 4.81. The Bertz CT molecular complexity index is 418. The Kier molecular flexibility index (Phi) is 4.62. The van der Waals surface area contributed by atoms with E-state index in [1.165, 1.54) is 18.3 Å². The van der Waals surface area contributed by atoms with Crippen molar-refractivity contribution in [1.82, 2.24) is 0 Å². The molecule has 2 unspecified atom stereocenters. The number of ether oxygens (including phenoxy) is 1. The zero-order valence-corrected chi connectivity index (χ0v) is 9.15. The number of methoxy groups -OCH3 is 1. The van der Waals surface area contributed by atoms with Crippen molar-refractivity contribution in [3.8, 4) is 0 Å².